The zero-order valence-electron chi connectivity index (χ0n) is 8.63. The van der Waals surface area contributed by atoms with E-state index in [9.17, 15) is 0 Å². The minimum atomic E-state index is 0. The molecule has 0 aliphatic carbocycles. The number of aromatic nitrogens is 2. The van der Waals surface area contributed by atoms with Gasteiger partial charge in [-0.1, -0.05) is 17.7 Å². The second kappa shape index (κ2) is 5.00. The van der Waals surface area contributed by atoms with Crippen molar-refractivity contribution >= 4 is 46.1 Å². The molecule has 2 nitrogen and oxygen atoms in total. The van der Waals surface area contributed by atoms with Crippen molar-refractivity contribution in [2.75, 3.05) is 0 Å². The summed E-state index contributed by atoms with van der Waals surface area (Å²) in [6.07, 6.45) is 3.31. The molecule has 0 spiro atoms. The number of rotatable bonds is 1. The van der Waals surface area contributed by atoms with E-state index in [-0.39, 0.29) is 12.4 Å². The van der Waals surface area contributed by atoms with Crippen LogP contribution in [0.4, 0.5) is 0 Å². The SMILES string of the molecule is Cl.Clc1ccc2csc(-c3ccncn3)c2c1. The number of thiophene rings is 1. The van der Waals surface area contributed by atoms with Crippen LogP contribution in [0.25, 0.3) is 21.3 Å². The first-order valence-corrected chi connectivity index (χ1v) is 6.03. The summed E-state index contributed by atoms with van der Waals surface area (Å²) in [5.41, 5.74) is 0.942. The molecule has 3 rings (SSSR count). The van der Waals surface area contributed by atoms with Crippen LogP contribution in [0.3, 0.4) is 0 Å². The molecule has 86 valence electrons. The highest BCUT2D eigenvalue weighted by molar-refractivity contribution is 7.15. The van der Waals surface area contributed by atoms with Gasteiger partial charge in [0.1, 0.15) is 6.33 Å². The first-order valence-electron chi connectivity index (χ1n) is 4.78. The maximum atomic E-state index is 6.01. The van der Waals surface area contributed by atoms with E-state index >= 15 is 0 Å². The third kappa shape index (κ3) is 2.27. The van der Waals surface area contributed by atoms with Crippen LogP contribution >= 0.6 is 35.3 Å². The van der Waals surface area contributed by atoms with E-state index in [0.717, 1.165) is 21.0 Å². The van der Waals surface area contributed by atoms with E-state index in [4.69, 9.17) is 11.6 Å². The summed E-state index contributed by atoms with van der Waals surface area (Å²) in [6, 6.07) is 7.82. The van der Waals surface area contributed by atoms with Gasteiger partial charge in [0.15, 0.2) is 0 Å². The number of hydrogen-bond donors (Lipinski definition) is 0. The summed E-state index contributed by atoms with van der Waals surface area (Å²) in [6.45, 7) is 0. The Morgan fingerprint density at radius 2 is 2.06 bits per heavy atom. The summed E-state index contributed by atoms with van der Waals surface area (Å²) in [7, 11) is 0. The Labute approximate surface area is 114 Å². The predicted octanol–water partition coefficient (Wildman–Crippen LogP) is 4.43. The summed E-state index contributed by atoms with van der Waals surface area (Å²) < 4.78 is 0. The highest BCUT2D eigenvalue weighted by Gasteiger charge is 2.07. The van der Waals surface area contributed by atoms with Crippen molar-refractivity contribution < 1.29 is 0 Å². The average molecular weight is 283 g/mol. The van der Waals surface area contributed by atoms with E-state index < -0.39 is 0 Å². The molecule has 0 aliphatic heterocycles. The normalized spacial score (nSPS) is 10.2. The third-order valence-corrected chi connectivity index (χ3v) is 3.65. The minimum absolute atomic E-state index is 0. The molecular formula is C12H8Cl2N2S. The first kappa shape index (κ1) is 12.3. The van der Waals surface area contributed by atoms with Gasteiger partial charge in [-0.3, -0.25) is 0 Å². The van der Waals surface area contributed by atoms with Crippen molar-refractivity contribution in [1.29, 1.82) is 0 Å². The fourth-order valence-corrected chi connectivity index (χ4v) is 2.80. The lowest BCUT2D eigenvalue weighted by Gasteiger charge is -1.97. The van der Waals surface area contributed by atoms with Gasteiger partial charge in [0, 0.05) is 16.6 Å². The second-order valence-corrected chi connectivity index (χ2v) is 4.71. The topological polar surface area (TPSA) is 25.8 Å². The molecule has 2 heterocycles. The minimum Gasteiger partial charge on any atom is -0.245 e. The zero-order chi connectivity index (χ0) is 11.0. The smallest absolute Gasteiger partial charge is 0.116 e. The molecule has 0 unspecified atom stereocenters. The largest absolute Gasteiger partial charge is 0.245 e. The maximum absolute atomic E-state index is 6.01. The molecule has 5 heteroatoms. The number of fused-ring (bicyclic) bond motifs is 1. The van der Waals surface area contributed by atoms with Crippen LogP contribution in [-0.2, 0) is 0 Å². The molecule has 2 aromatic heterocycles. The lowest BCUT2D eigenvalue weighted by atomic mass is 10.1. The van der Waals surface area contributed by atoms with Crippen molar-refractivity contribution in [2.24, 2.45) is 0 Å². The van der Waals surface area contributed by atoms with Gasteiger partial charge >= 0.3 is 0 Å². The van der Waals surface area contributed by atoms with Crippen LogP contribution in [-0.4, -0.2) is 9.97 Å². The Morgan fingerprint density at radius 3 is 2.82 bits per heavy atom. The summed E-state index contributed by atoms with van der Waals surface area (Å²) in [5.74, 6) is 0. The van der Waals surface area contributed by atoms with Crippen molar-refractivity contribution in [1.82, 2.24) is 9.97 Å². The molecule has 17 heavy (non-hydrogen) atoms. The van der Waals surface area contributed by atoms with E-state index in [1.54, 1.807) is 23.9 Å². The quantitative estimate of drug-likeness (QED) is 0.660. The molecule has 0 aliphatic rings. The van der Waals surface area contributed by atoms with E-state index in [0.29, 0.717) is 0 Å². The molecule has 0 saturated heterocycles. The number of hydrogen-bond acceptors (Lipinski definition) is 3. The predicted molar refractivity (Wildman–Crippen MR) is 75.1 cm³/mol. The molecule has 0 N–H and O–H groups in total. The molecule has 0 amide bonds. The van der Waals surface area contributed by atoms with Crippen molar-refractivity contribution in [3.63, 3.8) is 0 Å². The van der Waals surface area contributed by atoms with Crippen LogP contribution < -0.4 is 0 Å². The van der Waals surface area contributed by atoms with E-state index in [2.05, 4.69) is 15.3 Å². The van der Waals surface area contributed by atoms with Gasteiger partial charge < -0.3 is 0 Å². The first-order chi connectivity index (χ1) is 7.84. The lowest BCUT2D eigenvalue weighted by Crippen LogP contribution is -1.80. The summed E-state index contributed by atoms with van der Waals surface area (Å²) in [4.78, 5) is 9.32. The zero-order valence-corrected chi connectivity index (χ0v) is 11.0. The Balaban J connectivity index is 0.00000108. The molecule has 3 aromatic rings. The van der Waals surface area contributed by atoms with Gasteiger partial charge in [-0.05, 0) is 29.0 Å². The lowest BCUT2D eigenvalue weighted by molar-refractivity contribution is 1.18. The van der Waals surface area contributed by atoms with Crippen molar-refractivity contribution in [3.8, 4) is 10.6 Å². The standard InChI is InChI=1S/C12H7ClN2S.ClH/c13-9-2-1-8-6-16-12(10(8)5-9)11-3-4-14-7-15-11;/h1-7H;1H. The van der Waals surface area contributed by atoms with Crippen LogP contribution in [0.1, 0.15) is 0 Å². The fourth-order valence-electron chi connectivity index (χ4n) is 1.64. The van der Waals surface area contributed by atoms with Gasteiger partial charge in [0.2, 0.25) is 0 Å². The van der Waals surface area contributed by atoms with Gasteiger partial charge in [-0.15, -0.1) is 23.7 Å². The highest BCUT2D eigenvalue weighted by Crippen LogP contribution is 2.34. The van der Waals surface area contributed by atoms with Crippen LogP contribution in [0, 0.1) is 0 Å². The monoisotopic (exact) mass is 282 g/mol. The van der Waals surface area contributed by atoms with Gasteiger partial charge in [-0.25, -0.2) is 9.97 Å². The molecular weight excluding hydrogens is 275 g/mol. The van der Waals surface area contributed by atoms with Crippen LogP contribution in [0.15, 0.2) is 42.2 Å². The molecule has 0 atom stereocenters. The van der Waals surface area contributed by atoms with Gasteiger partial charge in [0.25, 0.3) is 0 Å². The highest BCUT2D eigenvalue weighted by atomic mass is 35.5. The second-order valence-electron chi connectivity index (χ2n) is 3.39. The van der Waals surface area contributed by atoms with Gasteiger partial charge in [0.05, 0.1) is 10.6 Å². The summed E-state index contributed by atoms with van der Waals surface area (Å²) >= 11 is 7.68. The Bertz CT molecular complexity index is 637. The van der Waals surface area contributed by atoms with Crippen molar-refractivity contribution in [3.05, 3.63) is 47.2 Å². The Hall–Kier alpha value is -1.16. The average Bonchev–Trinajstić information content (AvgIpc) is 2.73. The van der Waals surface area contributed by atoms with Crippen LogP contribution in [0.5, 0.6) is 0 Å². The Kier molecular flexibility index (Phi) is 3.62. The maximum Gasteiger partial charge on any atom is 0.116 e. The number of benzene rings is 1. The fraction of sp³-hybridized carbons (Fsp3) is 0. The summed E-state index contributed by atoms with van der Waals surface area (Å²) in [5, 5.41) is 5.21. The van der Waals surface area contributed by atoms with E-state index in [1.165, 1.54) is 5.39 Å². The molecule has 0 radical (unpaired) electrons. The third-order valence-electron chi connectivity index (χ3n) is 2.38. The van der Waals surface area contributed by atoms with Gasteiger partial charge in [-0.2, -0.15) is 0 Å². The molecule has 0 bridgehead atoms. The number of halogens is 2. The number of nitrogens with zero attached hydrogens (tertiary/aromatic N) is 2. The Morgan fingerprint density at radius 1 is 1.18 bits per heavy atom. The molecule has 0 fully saturated rings. The van der Waals surface area contributed by atoms with Crippen molar-refractivity contribution in [2.45, 2.75) is 0 Å². The molecule has 1 aromatic carbocycles. The van der Waals surface area contributed by atoms with E-state index in [1.807, 2.05) is 24.3 Å². The van der Waals surface area contributed by atoms with Crippen LogP contribution in [0.2, 0.25) is 5.02 Å². The molecule has 0 saturated carbocycles.